The summed E-state index contributed by atoms with van der Waals surface area (Å²) in [5, 5.41) is 0. The maximum absolute atomic E-state index is 6.03. The van der Waals surface area contributed by atoms with Gasteiger partial charge < -0.3 is 15.2 Å². The van der Waals surface area contributed by atoms with Crippen LogP contribution in [-0.2, 0) is 13.0 Å². The maximum atomic E-state index is 6.03. The van der Waals surface area contributed by atoms with Gasteiger partial charge in [-0.2, -0.15) is 0 Å². The molecule has 2 aromatic carbocycles. The number of methoxy groups -OCH3 is 1. The second-order valence-electron chi connectivity index (χ2n) is 5.38. The van der Waals surface area contributed by atoms with Gasteiger partial charge in [-0.25, -0.2) is 0 Å². The molecule has 2 rings (SSSR count). The van der Waals surface area contributed by atoms with Crippen LogP contribution in [0, 0.1) is 6.92 Å². The first-order valence-electron chi connectivity index (χ1n) is 7.20. The van der Waals surface area contributed by atoms with Crippen LogP contribution in [-0.4, -0.2) is 13.2 Å². The van der Waals surface area contributed by atoms with E-state index < -0.39 is 0 Å². The zero-order valence-electron chi connectivity index (χ0n) is 12.9. The highest BCUT2D eigenvalue weighted by molar-refractivity contribution is 5.41. The van der Waals surface area contributed by atoms with Crippen molar-refractivity contribution in [1.82, 2.24) is 0 Å². The summed E-state index contributed by atoms with van der Waals surface area (Å²) in [5.74, 6) is 1.80. The van der Waals surface area contributed by atoms with Gasteiger partial charge in [0.25, 0.3) is 0 Å². The van der Waals surface area contributed by atoms with Gasteiger partial charge in [0.15, 0.2) is 0 Å². The van der Waals surface area contributed by atoms with E-state index in [1.54, 1.807) is 7.11 Å². The molecule has 0 aliphatic rings. The monoisotopic (exact) mass is 285 g/mol. The first-order chi connectivity index (χ1) is 10.1. The van der Waals surface area contributed by atoms with Gasteiger partial charge in [-0.1, -0.05) is 30.3 Å². The lowest BCUT2D eigenvalue weighted by molar-refractivity contribution is 0.300. The van der Waals surface area contributed by atoms with E-state index in [0.717, 1.165) is 29.0 Å². The Hall–Kier alpha value is -2.00. The molecule has 112 valence electrons. The summed E-state index contributed by atoms with van der Waals surface area (Å²) < 4.78 is 11.2. The quantitative estimate of drug-likeness (QED) is 0.884. The Morgan fingerprint density at radius 2 is 1.81 bits per heavy atom. The molecule has 0 aliphatic carbocycles. The molecule has 1 atom stereocenters. The number of ether oxygens (including phenoxy) is 2. The minimum Gasteiger partial charge on any atom is -0.497 e. The van der Waals surface area contributed by atoms with E-state index in [1.807, 2.05) is 37.3 Å². The van der Waals surface area contributed by atoms with Crippen molar-refractivity contribution in [2.75, 3.05) is 7.11 Å². The highest BCUT2D eigenvalue weighted by atomic mass is 16.5. The van der Waals surface area contributed by atoms with Crippen LogP contribution in [0.25, 0.3) is 0 Å². The molecule has 0 radical (unpaired) electrons. The molecule has 2 N–H and O–H groups in total. The van der Waals surface area contributed by atoms with Crippen LogP contribution >= 0.6 is 0 Å². The van der Waals surface area contributed by atoms with Gasteiger partial charge in [0.05, 0.1) is 7.11 Å². The number of para-hydroxylation sites is 1. The van der Waals surface area contributed by atoms with Crippen molar-refractivity contribution in [3.8, 4) is 11.5 Å². The summed E-state index contributed by atoms with van der Waals surface area (Å²) in [4.78, 5) is 0. The van der Waals surface area contributed by atoms with Crippen LogP contribution in [0.1, 0.15) is 23.6 Å². The van der Waals surface area contributed by atoms with Gasteiger partial charge in [-0.3, -0.25) is 0 Å². The smallest absolute Gasteiger partial charge is 0.125 e. The Morgan fingerprint density at radius 1 is 1.10 bits per heavy atom. The van der Waals surface area contributed by atoms with E-state index in [-0.39, 0.29) is 6.04 Å². The van der Waals surface area contributed by atoms with Gasteiger partial charge >= 0.3 is 0 Å². The number of rotatable bonds is 6. The topological polar surface area (TPSA) is 44.5 Å². The molecule has 3 heteroatoms. The Morgan fingerprint density at radius 3 is 2.43 bits per heavy atom. The van der Waals surface area contributed by atoms with Crippen molar-refractivity contribution >= 4 is 0 Å². The number of hydrogen-bond acceptors (Lipinski definition) is 3. The summed E-state index contributed by atoms with van der Waals surface area (Å²) >= 11 is 0. The van der Waals surface area contributed by atoms with Crippen molar-refractivity contribution in [2.45, 2.75) is 32.9 Å². The highest BCUT2D eigenvalue weighted by Gasteiger charge is 2.09. The lowest BCUT2D eigenvalue weighted by atomic mass is 10.0. The summed E-state index contributed by atoms with van der Waals surface area (Å²) in [6.07, 6.45) is 0.819. The zero-order chi connectivity index (χ0) is 15.2. The largest absolute Gasteiger partial charge is 0.497 e. The van der Waals surface area contributed by atoms with Gasteiger partial charge in [0, 0.05) is 6.04 Å². The first kappa shape index (κ1) is 15.4. The highest BCUT2D eigenvalue weighted by Crippen LogP contribution is 2.25. The van der Waals surface area contributed by atoms with Gasteiger partial charge in [-0.15, -0.1) is 0 Å². The molecule has 0 aromatic heterocycles. The predicted molar refractivity (Wildman–Crippen MR) is 85.9 cm³/mol. The number of hydrogen-bond donors (Lipinski definition) is 1. The third-order valence-corrected chi connectivity index (χ3v) is 3.38. The minimum absolute atomic E-state index is 0.120. The number of nitrogens with two attached hydrogens (primary N) is 1. The molecule has 0 heterocycles. The second-order valence-corrected chi connectivity index (χ2v) is 5.38. The third kappa shape index (κ3) is 4.23. The molecule has 0 fully saturated rings. The fourth-order valence-electron chi connectivity index (χ4n) is 2.30. The van der Waals surface area contributed by atoms with Crippen LogP contribution in [0.5, 0.6) is 11.5 Å². The Bertz CT molecular complexity index is 576. The van der Waals surface area contributed by atoms with Crippen LogP contribution in [0.4, 0.5) is 0 Å². The van der Waals surface area contributed by atoms with Crippen molar-refractivity contribution in [1.29, 1.82) is 0 Å². The molecule has 0 saturated heterocycles. The van der Waals surface area contributed by atoms with E-state index in [2.05, 4.69) is 19.1 Å². The summed E-state index contributed by atoms with van der Waals surface area (Å²) in [6.45, 7) is 4.62. The fourth-order valence-corrected chi connectivity index (χ4v) is 2.30. The van der Waals surface area contributed by atoms with Crippen molar-refractivity contribution in [3.05, 3.63) is 59.2 Å². The van der Waals surface area contributed by atoms with Gasteiger partial charge in [0.2, 0.25) is 0 Å². The molecule has 0 bridgehead atoms. The molecule has 0 saturated carbocycles. The molecule has 3 nitrogen and oxygen atoms in total. The van der Waals surface area contributed by atoms with Gasteiger partial charge in [-0.05, 0) is 49.1 Å². The van der Waals surface area contributed by atoms with Crippen LogP contribution < -0.4 is 15.2 Å². The van der Waals surface area contributed by atoms with E-state index >= 15 is 0 Å². The lowest BCUT2D eigenvalue weighted by Gasteiger charge is -2.15. The third-order valence-electron chi connectivity index (χ3n) is 3.38. The lowest BCUT2D eigenvalue weighted by Crippen LogP contribution is -2.18. The summed E-state index contributed by atoms with van der Waals surface area (Å²) in [5.41, 5.74) is 9.34. The Kier molecular flexibility index (Phi) is 5.23. The predicted octanol–water partition coefficient (Wildman–Crippen LogP) is 3.47. The van der Waals surface area contributed by atoms with Gasteiger partial charge in [0.1, 0.15) is 18.1 Å². The van der Waals surface area contributed by atoms with Crippen molar-refractivity contribution in [2.24, 2.45) is 5.73 Å². The molecular formula is C18H23NO2. The standard InChI is InChI=1S/C18H23NO2/c1-13-5-4-6-16(11-14(2)19)18(13)21-12-15-7-9-17(20-3)10-8-15/h4-10,14H,11-12,19H2,1-3H3. The molecule has 2 aromatic rings. The summed E-state index contributed by atoms with van der Waals surface area (Å²) in [6, 6.07) is 14.2. The first-order valence-corrected chi connectivity index (χ1v) is 7.20. The Balaban J connectivity index is 2.11. The normalized spacial score (nSPS) is 12.0. The molecule has 0 aliphatic heterocycles. The fraction of sp³-hybridized carbons (Fsp3) is 0.333. The van der Waals surface area contributed by atoms with Crippen molar-refractivity contribution < 1.29 is 9.47 Å². The van der Waals surface area contributed by atoms with Crippen LogP contribution in [0.2, 0.25) is 0 Å². The maximum Gasteiger partial charge on any atom is 0.125 e. The number of aryl methyl sites for hydroxylation is 1. The van der Waals surface area contributed by atoms with E-state index in [9.17, 15) is 0 Å². The molecule has 0 amide bonds. The average molecular weight is 285 g/mol. The second kappa shape index (κ2) is 7.14. The molecule has 21 heavy (non-hydrogen) atoms. The van der Waals surface area contributed by atoms with Crippen molar-refractivity contribution in [3.63, 3.8) is 0 Å². The Labute approximate surface area is 126 Å². The van der Waals surface area contributed by atoms with Crippen LogP contribution in [0.15, 0.2) is 42.5 Å². The number of benzene rings is 2. The SMILES string of the molecule is COc1ccc(COc2c(C)cccc2CC(C)N)cc1. The molecular weight excluding hydrogens is 262 g/mol. The minimum atomic E-state index is 0.120. The summed E-state index contributed by atoms with van der Waals surface area (Å²) in [7, 11) is 1.67. The van der Waals surface area contributed by atoms with E-state index in [0.29, 0.717) is 6.61 Å². The zero-order valence-corrected chi connectivity index (χ0v) is 12.9. The molecule has 0 spiro atoms. The van der Waals surface area contributed by atoms with E-state index in [4.69, 9.17) is 15.2 Å². The van der Waals surface area contributed by atoms with E-state index in [1.165, 1.54) is 5.56 Å². The van der Waals surface area contributed by atoms with Crippen LogP contribution in [0.3, 0.4) is 0 Å². The average Bonchev–Trinajstić information content (AvgIpc) is 2.46. The molecule has 1 unspecified atom stereocenters.